The van der Waals surface area contributed by atoms with Crippen molar-refractivity contribution in [3.05, 3.63) is 88.3 Å². The van der Waals surface area contributed by atoms with Gasteiger partial charge in [0.15, 0.2) is 0 Å². The molecule has 0 radical (unpaired) electrons. The van der Waals surface area contributed by atoms with Crippen LogP contribution in [0.4, 0.5) is 0 Å². The Labute approximate surface area is 253 Å². The first kappa shape index (κ1) is 30.3. The molecule has 7 nitrogen and oxygen atoms in total. The average Bonchev–Trinajstić information content (AvgIpc) is 3.56. The van der Waals surface area contributed by atoms with E-state index in [4.69, 9.17) is 15.9 Å². The Kier molecular flexibility index (Phi) is 10.0. The third-order valence-corrected chi connectivity index (χ3v) is 9.12. The number of fused-ring (bicyclic) bond motifs is 1. The molecule has 1 unspecified atom stereocenters. The van der Waals surface area contributed by atoms with E-state index in [0.717, 1.165) is 65.3 Å². The fraction of sp³-hybridized carbons (Fsp3) is 0.441. The summed E-state index contributed by atoms with van der Waals surface area (Å²) in [6.07, 6.45) is 13.8. The van der Waals surface area contributed by atoms with Crippen molar-refractivity contribution < 1.29 is 0 Å². The highest BCUT2D eigenvalue weighted by atomic mass is 31.1. The van der Waals surface area contributed by atoms with Crippen LogP contribution in [0.3, 0.4) is 0 Å². The lowest BCUT2D eigenvalue weighted by Crippen LogP contribution is -2.34. The minimum absolute atomic E-state index is 0.269. The highest BCUT2D eigenvalue weighted by Gasteiger charge is 2.27. The Bertz CT molecular complexity index is 1430. The van der Waals surface area contributed by atoms with Gasteiger partial charge in [-0.2, -0.15) is 10.2 Å². The van der Waals surface area contributed by atoms with Crippen LogP contribution in [0, 0.1) is 5.41 Å². The van der Waals surface area contributed by atoms with E-state index in [9.17, 15) is 0 Å². The van der Waals surface area contributed by atoms with Crippen LogP contribution in [0.25, 0.3) is 11.6 Å². The van der Waals surface area contributed by atoms with Crippen LogP contribution < -0.4 is 5.73 Å². The van der Waals surface area contributed by atoms with Crippen molar-refractivity contribution in [2.24, 2.45) is 21.2 Å². The molecule has 1 aliphatic heterocycles. The van der Waals surface area contributed by atoms with Gasteiger partial charge >= 0.3 is 0 Å². The largest absolute Gasteiger partial charge is 0.325 e. The standard InChI is InChI=1S/C34H46N7P/c1-34(2,3)14-18-42-19-17-39-15-12-27(13-16-39)32-21-30(33(22-35)41(32)37-25-36-4)28-10-11-29-24-40(38-31(29)20-28)23-26-8-6-5-7-9-26/h5-9,14,18,20-21,24-25,27,42H,4,10-13,15-17,19,22-23,35H2,1-3H3/b18-14+,37-25-. The number of nitrogens with zero attached hydrogens (tertiary/aromatic N) is 6. The van der Waals surface area contributed by atoms with Gasteiger partial charge in [-0.1, -0.05) is 71.6 Å². The Morgan fingerprint density at radius 2 is 1.93 bits per heavy atom. The Morgan fingerprint density at radius 1 is 1.14 bits per heavy atom. The number of benzene rings is 1. The zero-order chi connectivity index (χ0) is 29.5. The molecule has 1 atom stereocenters. The van der Waals surface area contributed by atoms with Gasteiger partial charge in [-0.3, -0.25) is 9.67 Å². The summed E-state index contributed by atoms with van der Waals surface area (Å²) in [5.41, 5.74) is 15.0. The van der Waals surface area contributed by atoms with E-state index in [1.807, 2.05) is 4.68 Å². The molecule has 1 saturated heterocycles. The molecule has 5 rings (SSSR count). The first-order valence-corrected chi connectivity index (χ1v) is 16.5. The zero-order valence-electron chi connectivity index (χ0n) is 25.5. The van der Waals surface area contributed by atoms with Crippen LogP contribution in [0.1, 0.15) is 79.7 Å². The number of allylic oxidation sites excluding steroid dienone is 2. The van der Waals surface area contributed by atoms with E-state index in [1.165, 1.54) is 47.0 Å². The lowest BCUT2D eigenvalue weighted by Gasteiger charge is -2.32. The second kappa shape index (κ2) is 13.9. The minimum Gasteiger partial charge on any atom is -0.325 e. The molecule has 3 heterocycles. The molecule has 3 aromatic rings. The number of piperidine rings is 1. The quantitative estimate of drug-likeness (QED) is 0.120. The van der Waals surface area contributed by atoms with Crippen LogP contribution >= 0.6 is 8.58 Å². The van der Waals surface area contributed by atoms with Crippen LogP contribution in [-0.4, -0.2) is 58.2 Å². The zero-order valence-corrected chi connectivity index (χ0v) is 26.5. The Morgan fingerprint density at radius 3 is 2.64 bits per heavy atom. The summed E-state index contributed by atoms with van der Waals surface area (Å²) < 4.78 is 4.11. The van der Waals surface area contributed by atoms with Crippen molar-refractivity contribution in [1.29, 1.82) is 0 Å². The van der Waals surface area contributed by atoms with Gasteiger partial charge in [0.25, 0.3) is 0 Å². The number of rotatable bonds is 11. The van der Waals surface area contributed by atoms with E-state index in [1.54, 1.807) is 0 Å². The van der Waals surface area contributed by atoms with Crippen LogP contribution in [0.15, 0.2) is 64.6 Å². The van der Waals surface area contributed by atoms with E-state index in [2.05, 4.69) is 103 Å². The Balaban J connectivity index is 1.31. The van der Waals surface area contributed by atoms with Gasteiger partial charge in [0.1, 0.15) is 6.34 Å². The van der Waals surface area contributed by atoms with Gasteiger partial charge in [0.2, 0.25) is 0 Å². The van der Waals surface area contributed by atoms with Crippen LogP contribution in [-0.2, 0) is 19.5 Å². The van der Waals surface area contributed by atoms with Gasteiger partial charge in [-0.25, -0.2) is 4.68 Å². The van der Waals surface area contributed by atoms with E-state index in [-0.39, 0.29) is 5.41 Å². The predicted octanol–water partition coefficient (Wildman–Crippen LogP) is 6.59. The van der Waals surface area contributed by atoms with Gasteiger partial charge in [-0.15, -0.1) is 0 Å². The fourth-order valence-corrected chi connectivity index (χ4v) is 7.21. The SMILES string of the molecule is C=N/C=N\n1c(C2CCN(CCP/C=C/C(C)(C)C)CC2)cc(C2=Cc3nn(Cc4ccccc4)cc3CC2)c1CN. The summed E-state index contributed by atoms with van der Waals surface area (Å²) >= 11 is 0. The third-order valence-electron chi connectivity index (χ3n) is 8.20. The third kappa shape index (κ3) is 7.63. The molecular formula is C34H46N7P. The van der Waals surface area contributed by atoms with Crippen molar-refractivity contribution in [3.8, 4) is 0 Å². The summed E-state index contributed by atoms with van der Waals surface area (Å²) in [4.78, 5) is 6.54. The summed E-state index contributed by atoms with van der Waals surface area (Å²) in [6, 6.07) is 12.8. The summed E-state index contributed by atoms with van der Waals surface area (Å²) in [6.45, 7) is 15.0. The second-order valence-corrected chi connectivity index (χ2v) is 13.8. The van der Waals surface area contributed by atoms with Gasteiger partial charge < -0.3 is 10.6 Å². The Hall–Kier alpha value is -3.12. The smallest absolute Gasteiger partial charge is 0.135 e. The summed E-state index contributed by atoms with van der Waals surface area (Å²) in [5.74, 6) is 2.81. The highest BCUT2D eigenvalue weighted by molar-refractivity contribution is 7.41. The molecule has 0 spiro atoms. The molecule has 222 valence electrons. The van der Waals surface area contributed by atoms with Crippen molar-refractivity contribution >= 4 is 33.3 Å². The number of aliphatic imine (C=N–C) groups is 1. The van der Waals surface area contributed by atoms with E-state index >= 15 is 0 Å². The van der Waals surface area contributed by atoms with Gasteiger partial charge in [0, 0.05) is 36.5 Å². The molecule has 0 saturated carbocycles. The van der Waals surface area contributed by atoms with Crippen molar-refractivity contribution in [2.75, 3.05) is 25.8 Å². The molecule has 0 amide bonds. The number of nitrogens with two attached hydrogens (primary N) is 1. The fourth-order valence-electron chi connectivity index (χ4n) is 5.98. The summed E-state index contributed by atoms with van der Waals surface area (Å²) in [7, 11) is 0.891. The first-order valence-electron chi connectivity index (χ1n) is 15.2. The molecule has 2 N–H and O–H groups in total. The predicted molar refractivity (Wildman–Crippen MR) is 180 cm³/mol. The molecule has 42 heavy (non-hydrogen) atoms. The van der Waals surface area contributed by atoms with Gasteiger partial charge in [-0.05, 0) is 85.9 Å². The lowest BCUT2D eigenvalue weighted by atomic mass is 9.90. The van der Waals surface area contributed by atoms with E-state index in [0.29, 0.717) is 12.5 Å². The summed E-state index contributed by atoms with van der Waals surface area (Å²) in [5, 5.41) is 9.65. The number of hydrogen-bond donors (Lipinski definition) is 1. The molecule has 8 heteroatoms. The monoisotopic (exact) mass is 583 g/mol. The number of hydrogen-bond acceptors (Lipinski definition) is 4. The first-order chi connectivity index (χ1) is 20.3. The van der Waals surface area contributed by atoms with Crippen molar-refractivity contribution in [2.45, 2.75) is 65.5 Å². The lowest BCUT2D eigenvalue weighted by molar-refractivity contribution is 0.221. The van der Waals surface area contributed by atoms with Crippen LogP contribution in [0.5, 0.6) is 0 Å². The maximum atomic E-state index is 6.38. The van der Waals surface area contributed by atoms with Gasteiger partial charge in [0.05, 0.1) is 17.9 Å². The minimum atomic E-state index is 0.269. The normalized spacial score (nSPS) is 17.1. The number of aryl methyl sites for hydroxylation is 1. The highest BCUT2D eigenvalue weighted by Crippen LogP contribution is 2.37. The topological polar surface area (TPSA) is 76.7 Å². The number of aromatic nitrogens is 3. The molecular weight excluding hydrogens is 537 g/mol. The maximum absolute atomic E-state index is 6.38. The van der Waals surface area contributed by atoms with Crippen LogP contribution in [0.2, 0.25) is 0 Å². The molecule has 1 aliphatic carbocycles. The second-order valence-electron chi connectivity index (χ2n) is 12.5. The molecule has 0 bridgehead atoms. The molecule has 1 fully saturated rings. The molecule has 1 aromatic carbocycles. The number of likely N-dealkylation sites (tertiary alicyclic amines) is 1. The van der Waals surface area contributed by atoms with Crippen molar-refractivity contribution in [3.63, 3.8) is 0 Å². The molecule has 2 aromatic heterocycles. The molecule has 2 aliphatic rings. The van der Waals surface area contributed by atoms with E-state index < -0.39 is 0 Å². The average molecular weight is 584 g/mol. The van der Waals surface area contributed by atoms with Crippen molar-refractivity contribution in [1.82, 2.24) is 19.4 Å². The maximum Gasteiger partial charge on any atom is 0.135 e.